The fraction of sp³-hybridized carbons (Fsp3) is 1.00. The van der Waals surface area contributed by atoms with E-state index < -0.39 is 0 Å². The van der Waals surface area contributed by atoms with Crippen molar-refractivity contribution in [2.45, 2.75) is 43.4 Å². The Balaban J connectivity index is 2.04. The highest BCUT2D eigenvalue weighted by atomic mass is 32.2. The number of thioether (sulfide) groups is 2. The van der Waals surface area contributed by atoms with Crippen molar-refractivity contribution in [1.29, 1.82) is 0 Å². The lowest BCUT2D eigenvalue weighted by Crippen LogP contribution is -2.57. The molecule has 2 aliphatic rings. The van der Waals surface area contributed by atoms with Crippen molar-refractivity contribution in [3.63, 3.8) is 0 Å². The third-order valence-corrected chi connectivity index (χ3v) is 6.88. The first-order valence-corrected chi connectivity index (χ1v) is 8.89. The van der Waals surface area contributed by atoms with Gasteiger partial charge in [0, 0.05) is 41.4 Å². The van der Waals surface area contributed by atoms with Crippen LogP contribution in [0.3, 0.4) is 0 Å². The summed E-state index contributed by atoms with van der Waals surface area (Å²) in [7, 11) is 0. The minimum atomic E-state index is 0.309. The zero-order chi connectivity index (χ0) is 12.4. The molecule has 0 spiro atoms. The molecule has 0 radical (unpaired) electrons. The Bertz CT molecular complexity index is 250. The Morgan fingerprint density at radius 3 is 2.65 bits per heavy atom. The molecule has 2 N–H and O–H groups in total. The van der Waals surface area contributed by atoms with Crippen LogP contribution in [-0.4, -0.2) is 52.1 Å². The lowest BCUT2D eigenvalue weighted by atomic mass is 9.92. The molecule has 1 atom stereocenters. The highest BCUT2D eigenvalue weighted by Gasteiger charge is 2.38. The van der Waals surface area contributed by atoms with Crippen LogP contribution in [0.4, 0.5) is 0 Å². The Kier molecular flexibility index (Phi) is 4.73. The standard InChI is InChI=1S/C13H26N2S2/c1-12(2)5-6-15(7-9-17-12)13(10-14)4-3-8-16-11-13/h3-11,14H2,1-2H3. The molecule has 1 unspecified atom stereocenters. The molecule has 2 rings (SSSR count). The smallest absolute Gasteiger partial charge is 0.0422 e. The monoisotopic (exact) mass is 274 g/mol. The summed E-state index contributed by atoms with van der Waals surface area (Å²) in [6.07, 6.45) is 3.95. The summed E-state index contributed by atoms with van der Waals surface area (Å²) in [5, 5.41) is 0. The van der Waals surface area contributed by atoms with Crippen LogP contribution in [0.25, 0.3) is 0 Å². The maximum Gasteiger partial charge on any atom is 0.0422 e. The van der Waals surface area contributed by atoms with Gasteiger partial charge in [-0.2, -0.15) is 23.5 Å². The Hall–Kier alpha value is 0.620. The zero-order valence-electron chi connectivity index (χ0n) is 11.2. The summed E-state index contributed by atoms with van der Waals surface area (Å²) in [4.78, 5) is 2.71. The quantitative estimate of drug-likeness (QED) is 0.837. The summed E-state index contributed by atoms with van der Waals surface area (Å²) in [5.41, 5.74) is 6.44. The average molecular weight is 274 g/mol. The van der Waals surface area contributed by atoms with Crippen LogP contribution in [0.5, 0.6) is 0 Å². The van der Waals surface area contributed by atoms with Gasteiger partial charge in [0.05, 0.1) is 0 Å². The van der Waals surface area contributed by atoms with Crippen LogP contribution in [0, 0.1) is 0 Å². The van der Waals surface area contributed by atoms with Crippen molar-refractivity contribution >= 4 is 23.5 Å². The van der Waals surface area contributed by atoms with Gasteiger partial charge in [-0.3, -0.25) is 4.90 Å². The molecule has 0 aromatic carbocycles. The summed E-state index contributed by atoms with van der Waals surface area (Å²) < 4.78 is 0.451. The highest BCUT2D eigenvalue weighted by Crippen LogP contribution is 2.36. The van der Waals surface area contributed by atoms with Crippen molar-refractivity contribution in [1.82, 2.24) is 4.90 Å². The van der Waals surface area contributed by atoms with Gasteiger partial charge in [-0.05, 0) is 25.0 Å². The van der Waals surface area contributed by atoms with E-state index in [4.69, 9.17) is 5.73 Å². The van der Waals surface area contributed by atoms with Gasteiger partial charge in [0.15, 0.2) is 0 Å². The maximum absolute atomic E-state index is 6.13. The fourth-order valence-electron chi connectivity index (χ4n) is 2.87. The van der Waals surface area contributed by atoms with E-state index in [2.05, 4.69) is 42.3 Å². The normalized spacial score (nSPS) is 35.5. The molecule has 0 amide bonds. The van der Waals surface area contributed by atoms with Crippen molar-refractivity contribution < 1.29 is 0 Å². The highest BCUT2D eigenvalue weighted by molar-refractivity contribution is 8.00. The Morgan fingerprint density at radius 1 is 1.18 bits per heavy atom. The van der Waals surface area contributed by atoms with Gasteiger partial charge in [0.1, 0.15) is 0 Å². The fourth-order valence-corrected chi connectivity index (χ4v) is 5.29. The molecule has 100 valence electrons. The van der Waals surface area contributed by atoms with Gasteiger partial charge in [0.25, 0.3) is 0 Å². The van der Waals surface area contributed by atoms with Crippen molar-refractivity contribution in [3.8, 4) is 0 Å². The van der Waals surface area contributed by atoms with Gasteiger partial charge < -0.3 is 5.73 Å². The molecular weight excluding hydrogens is 248 g/mol. The SMILES string of the molecule is CC1(C)CCN(C2(CN)CCCSC2)CCS1. The van der Waals surface area contributed by atoms with E-state index in [-0.39, 0.29) is 0 Å². The Morgan fingerprint density at radius 2 is 2.00 bits per heavy atom. The summed E-state index contributed by atoms with van der Waals surface area (Å²) in [5.74, 6) is 3.84. The first-order valence-electron chi connectivity index (χ1n) is 6.75. The largest absolute Gasteiger partial charge is 0.329 e. The second-order valence-electron chi connectivity index (χ2n) is 5.93. The average Bonchev–Trinajstić information content (AvgIpc) is 2.51. The van der Waals surface area contributed by atoms with E-state index in [9.17, 15) is 0 Å². The Labute approximate surface area is 114 Å². The molecule has 0 aromatic heterocycles. The zero-order valence-corrected chi connectivity index (χ0v) is 12.8. The van der Waals surface area contributed by atoms with Gasteiger partial charge in [-0.1, -0.05) is 13.8 Å². The number of hydrogen-bond donors (Lipinski definition) is 1. The molecule has 17 heavy (non-hydrogen) atoms. The number of nitrogens with zero attached hydrogens (tertiary/aromatic N) is 1. The summed E-state index contributed by atoms with van der Waals surface area (Å²) in [6.45, 7) is 8.06. The minimum absolute atomic E-state index is 0.309. The van der Waals surface area contributed by atoms with Gasteiger partial charge in [0.2, 0.25) is 0 Å². The maximum atomic E-state index is 6.13. The van der Waals surface area contributed by atoms with Gasteiger partial charge in [-0.25, -0.2) is 0 Å². The van der Waals surface area contributed by atoms with E-state index in [1.54, 1.807) is 0 Å². The molecule has 2 saturated heterocycles. The van der Waals surface area contributed by atoms with Crippen LogP contribution < -0.4 is 5.73 Å². The first-order chi connectivity index (χ1) is 8.08. The molecule has 0 aliphatic carbocycles. The second-order valence-corrected chi connectivity index (χ2v) is 8.84. The molecule has 0 aromatic rings. The number of hydrogen-bond acceptors (Lipinski definition) is 4. The minimum Gasteiger partial charge on any atom is -0.329 e. The van der Waals surface area contributed by atoms with Crippen molar-refractivity contribution in [2.24, 2.45) is 5.73 Å². The van der Waals surface area contributed by atoms with Crippen LogP contribution in [0.15, 0.2) is 0 Å². The van der Waals surface area contributed by atoms with E-state index in [1.807, 2.05) is 0 Å². The van der Waals surface area contributed by atoms with E-state index >= 15 is 0 Å². The lowest BCUT2D eigenvalue weighted by molar-refractivity contribution is 0.109. The topological polar surface area (TPSA) is 29.3 Å². The first kappa shape index (κ1) is 14.0. The van der Waals surface area contributed by atoms with Crippen molar-refractivity contribution in [2.75, 3.05) is 36.9 Å². The van der Waals surface area contributed by atoms with Crippen LogP contribution in [-0.2, 0) is 0 Å². The summed E-state index contributed by atoms with van der Waals surface area (Å²) >= 11 is 4.23. The van der Waals surface area contributed by atoms with Crippen LogP contribution >= 0.6 is 23.5 Å². The molecule has 2 fully saturated rings. The third-order valence-electron chi connectivity index (χ3n) is 4.19. The lowest BCUT2D eigenvalue weighted by Gasteiger charge is -2.45. The molecule has 2 aliphatic heterocycles. The van der Waals surface area contributed by atoms with Crippen molar-refractivity contribution in [3.05, 3.63) is 0 Å². The molecule has 0 saturated carbocycles. The van der Waals surface area contributed by atoms with Crippen LogP contribution in [0.2, 0.25) is 0 Å². The molecule has 2 nitrogen and oxygen atoms in total. The predicted octanol–water partition coefficient (Wildman–Crippen LogP) is 2.43. The van der Waals surface area contributed by atoms with Gasteiger partial charge in [-0.15, -0.1) is 0 Å². The van der Waals surface area contributed by atoms with Gasteiger partial charge >= 0.3 is 0 Å². The predicted molar refractivity (Wildman–Crippen MR) is 81.1 cm³/mol. The third kappa shape index (κ3) is 3.34. The van der Waals surface area contributed by atoms with E-state index in [0.29, 0.717) is 10.3 Å². The number of nitrogens with two attached hydrogens (primary N) is 1. The second kappa shape index (κ2) is 5.72. The summed E-state index contributed by atoms with van der Waals surface area (Å²) in [6, 6.07) is 0. The molecular formula is C13H26N2S2. The molecule has 4 heteroatoms. The molecule has 2 heterocycles. The van der Waals surface area contributed by atoms with E-state index in [0.717, 1.165) is 6.54 Å². The molecule has 0 bridgehead atoms. The van der Waals surface area contributed by atoms with Crippen LogP contribution in [0.1, 0.15) is 33.1 Å². The number of rotatable bonds is 2. The van der Waals surface area contributed by atoms with E-state index in [1.165, 1.54) is 49.6 Å².